The molecule has 0 aliphatic carbocycles. The number of hydrogen-bond donors (Lipinski definition) is 3. The maximum Gasteiger partial charge on any atom is 0.338 e. The van der Waals surface area contributed by atoms with E-state index in [4.69, 9.17) is 21.3 Å². The highest BCUT2D eigenvalue weighted by molar-refractivity contribution is 7.89. The number of carbonyl (C=O) groups is 2. The number of nitrogen functional groups attached to an aromatic ring is 1. The van der Waals surface area contributed by atoms with Gasteiger partial charge >= 0.3 is 5.97 Å². The van der Waals surface area contributed by atoms with Gasteiger partial charge in [-0.25, -0.2) is 18.4 Å². The van der Waals surface area contributed by atoms with Crippen LogP contribution in [-0.4, -0.2) is 26.4 Å². The Kier molecular flexibility index (Phi) is 6.33. The highest BCUT2D eigenvalue weighted by atomic mass is 32.2. The molecule has 3 rings (SSSR count). The minimum atomic E-state index is -3.85. The van der Waals surface area contributed by atoms with Gasteiger partial charge in [-0.15, -0.1) is 0 Å². The van der Waals surface area contributed by atoms with E-state index in [9.17, 15) is 18.0 Å². The summed E-state index contributed by atoms with van der Waals surface area (Å²) < 4.78 is 28.2. The monoisotopic (exact) mass is 453 g/mol. The maximum absolute atomic E-state index is 12.1. The molecule has 0 spiro atoms. The fourth-order valence-corrected chi connectivity index (χ4v) is 3.68. The first-order chi connectivity index (χ1) is 15.0. The van der Waals surface area contributed by atoms with E-state index in [1.54, 1.807) is 62.4 Å². The van der Waals surface area contributed by atoms with Crippen LogP contribution in [0.25, 0.3) is 22.3 Å². The van der Waals surface area contributed by atoms with Gasteiger partial charge < -0.3 is 16.2 Å². The summed E-state index contributed by atoms with van der Waals surface area (Å²) in [7, 11) is -3.85. The minimum Gasteiger partial charge on any atom is -0.459 e. The number of anilines is 1. The van der Waals surface area contributed by atoms with Gasteiger partial charge in [-0.2, -0.15) is 0 Å². The average molecular weight is 454 g/mol. The first-order valence-electron chi connectivity index (χ1n) is 9.65. The number of benzene rings is 3. The highest BCUT2D eigenvalue weighted by Gasteiger charge is 2.16. The van der Waals surface area contributed by atoms with Crippen LogP contribution in [0.5, 0.6) is 0 Å². The van der Waals surface area contributed by atoms with Gasteiger partial charge in [0.2, 0.25) is 10.0 Å². The third-order valence-corrected chi connectivity index (χ3v) is 5.67. The third kappa shape index (κ3) is 4.96. The Morgan fingerprint density at radius 3 is 1.94 bits per heavy atom. The summed E-state index contributed by atoms with van der Waals surface area (Å²) in [6, 6.07) is 15.8. The van der Waals surface area contributed by atoms with Gasteiger partial charge in [0.1, 0.15) is 0 Å². The van der Waals surface area contributed by atoms with Crippen LogP contribution in [-0.2, 0) is 14.8 Å². The number of rotatable bonds is 6. The Morgan fingerprint density at radius 1 is 0.875 bits per heavy atom. The molecule has 0 radical (unpaired) electrons. The Morgan fingerprint density at radius 2 is 1.44 bits per heavy atom. The smallest absolute Gasteiger partial charge is 0.338 e. The number of carbonyl (C=O) groups excluding carboxylic acids is 2. The molecule has 3 aromatic rings. The van der Waals surface area contributed by atoms with Crippen LogP contribution < -0.4 is 16.6 Å². The third-order valence-electron chi connectivity index (χ3n) is 4.74. The molecule has 166 valence electrons. The number of amides is 1. The van der Waals surface area contributed by atoms with Crippen molar-refractivity contribution in [2.45, 2.75) is 24.8 Å². The Balaban J connectivity index is 2.07. The first kappa shape index (κ1) is 23.0. The van der Waals surface area contributed by atoms with Crippen molar-refractivity contribution in [1.82, 2.24) is 0 Å². The largest absolute Gasteiger partial charge is 0.459 e. The SMILES string of the molecule is CC(C)OC(=O)c1ccc(-c2cc(C(N)=O)c(N)c(-c3ccc(S(N)(=O)=O)cc3)c2)cc1. The Hall–Kier alpha value is -3.69. The van der Waals surface area contributed by atoms with Crippen LogP contribution in [0.3, 0.4) is 0 Å². The van der Waals surface area contributed by atoms with Crippen LogP contribution in [0.15, 0.2) is 65.6 Å². The molecule has 0 unspecified atom stereocenters. The summed E-state index contributed by atoms with van der Waals surface area (Å²) in [5, 5.41) is 5.15. The second-order valence-corrected chi connectivity index (χ2v) is 9.01. The van der Waals surface area contributed by atoms with E-state index in [-0.39, 0.29) is 22.3 Å². The van der Waals surface area contributed by atoms with Gasteiger partial charge in [-0.05, 0) is 66.9 Å². The van der Waals surface area contributed by atoms with Crippen molar-refractivity contribution < 1.29 is 22.7 Å². The molecule has 0 aliphatic heterocycles. The molecule has 9 heteroatoms. The quantitative estimate of drug-likeness (QED) is 0.385. The van der Waals surface area contributed by atoms with Crippen molar-refractivity contribution in [3.8, 4) is 22.3 Å². The predicted octanol–water partition coefficient (Wildman–Crippen LogP) is 2.91. The van der Waals surface area contributed by atoms with Crippen LogP contribution in [0.1, 0.15) is 34.6 Å². The lowest BCUT2D eigenvalue weighted by Gasteiger charge is -2.14. The molecule has 0 atom stereocenters. The Labute approximate surface area is 186 Å². The average Bonchev–Trinajstić information content (AvgIpc) is 2.73. The lowest BCUT2D eigenvalue weighted by Crippen LogP contribution is -2.14. The number of sulfonamides is 1. The molecule has 1 amide bonds. The van der Waals surface area contributed by atoms with Gasteiger partial charge in [0.05, 0.1) is 27.8 Å². The summed E-state index contributed by atoms with van der Waals surface area (Å²) in [6.07, 6.45) is -0.236. The molecule has 8 nitrogen and oxygen atoms in total. The standard InChI is InChI=1S/C23H23N3O5S/c1-13(2)31-23(28)16-5-3-14(4-6-16)17-11-19(21(24)20(12-17)22(25)27)15-7-9-18(10-8-15)32(26,29)30/h3-13H,24H2,1-2H3,(H2,25,27)(H2,26,29,30). The van der Waals surface area contributed by atoms with E-state index >= 15 is 0 Å². The molecule has 0 saturated carbocycles. The predicted molar refractivity (Wildman–Crippen MR) is 122 cm³/mol. The van der Waals surface area contributed by atoms with Gasteiger partial charge in [-0.1, -0.05) is 24.3 Å². The summed E-state index contributed by atoms with van der Waals surface area (Å²) in [6.45, 7) is 3.53. The van der Waals surface area contributed by atoms with E-state index in [1.807, 2.05) is 0 Å². The maximum atomic E-state index is 12.1. The van der Waals surface area contributed by atoms with E-state index in [1.165, 1.54) is 12.1 Å². The molecule has 32 heavy (non-hydrogen) atoms. The number of esters is 1. The number of nitrogens with two attached hydrogens (primary N) is 3. The van der Waals surface area contributed by atoms with Crippen molar-refractivity contribution >= 4 is 27.6 Å². The zero-order valence-corrected chi connectivity index (χ0v) is 18.3. The van der Waals surface area contributed by atoms with Crippen molar-refractivity contribution in [2.75, 3.05) is 5.73 Å². The van der Waals surface area contributed by atoms with Crippen LogP contribution >= 0.6 is 0 Å². The molecule has 0 aromatic heterocycles. The molecule has 0 aliphatic rings. The van der Waals surface area contributed by atoms with Crippen LogP contribution in [0.4, 0.5) is 5.69 Å². The second kappa shape index (κ2) is 8.81. The number of primary sulfonamides is 1. The molecule has 0 saturated heterocycles. The molecule has 0 fully saturated rings. The van der Waals surface area contributed by atoms with Crippen molar-refractivity contribution in [3.63, 3.8) is 0 Å². The number of primary amides is 1. The molecule has 6 N–H and O–H groups in total. The fourth-order valence-electron chi connectivity index (χ4n) is 3.17. The molecular weight excluding hydrogens is 430 g/mol. The lowest BCUT2D eigenvalue weighted by molar-refractivity contribution is 0.0378. The summed E-state index contributed by atoms with van der Waals surface area (Å²) in [5.74, 6) is -1.14. The normalized spacial score (nSPS) is 11.4. The zero-order chi connectivity index (χ0) is 23.6. The molecule has 3 aromatic carbocycles. The van der Waals surface area contributed by atoms with Crippen LogP contribution in [0.2, 0.25) is 0 Å². The fraction of sp³-hybridized carbons (Fsp3) is 0.130. The summed E-state index contributed by atoms with van der Waals surface area (Å²) in [5.41, 5.74) is 14.8. The van der Waals surface area contributed by atoms with Gasteiger partial charge in [0.15, 0.2) is 0 Å². The van der Waals surface area contributed by atoms with Crippen molar-refractivity contribution in [3.05, 3.63) is 71.8 Å². The van der Waals surface area contributed by atoms with Crippen molar-refractivity contribution in [2.24, 2.45) is 10.9 Å². The molecular formula is C23H23N3O5S. The number of ether oxygens (including phenoxy) is 1. The van der Waals surface area contributed by atoms with E-state index in [2.05, 4.69) is 0 Å². The Bertz CT molecular complexity index is 1280. The topological polar surface area (TPSA) is 156 Å². The summed E-state index contributed by atoms with van der Waals surface area (Å²) in [4.78, 5) is 24.0. The van der Waals surface area contributed by atoms with Crippen LogP contribution in [0, 0.1) is 0 Å². The van der Waals surface area contributed by atoms with Gasteiger partial charge in [-0.3, -0.25) is 4.79 Å². The van der Waals surface area contributed by atoms with E-state index < -0.39 is 21.9 Å². The zero-order valence-electron chi connectivity index (χ0n) is 17.5. The lowest BCUT2D eigenvalue weighted by atomic mass is 9.93. The van der Waals surface area contributed by atoms with Gasteiger partial charge in [0, 0.05) is 5.56 Å². The number of hydrogen-bond acceptors (Lipinski definition) is 6. The van der Waals surface area contributed by atoms with E-state index in [0.717, 1.165) is 5.56 Å². The van der Waals surface area contributed by atoms with Gasteiger partial charge in [0.25, 0.3) is 5.91 Å². The van der Waals surface area contributed by atoms with Crippen molar-refractivity contribution in [1.29, 1.82) is 0 Å². The second-order valence-electron chi connectivity index (χ2n) is 7.45. The minimum absolute atomic E-state index is 0.0463. The summed E-state index contributed by atoms with van der Waals surface area (Å²) >= 11 is 0. The molecule has 0 bridgehead atoms. The van der Waals surface area contributed by atoms with E-state index in [0.29, 0.717) is 22.3 Å². The first-order valence-corrected chi connectivity index (χ1v) is 11.2. The highest BCUT2D eigenvalue weighted by Crippen LogP contribution is 2.34. The molecule has 0 heterocycles.